The lowest BCUT2D eigenvalue weighted by Gasteiger charge is -2.41. The van der Waals surface area contributed by atoms with Crippen LogP contribution in [0.15, 0.2) is 23.3 Å². The fraction of sp³-hybridized carbons (Fsp3) is 0.800. The van der Waals surface area contributed by atoms with Crippen LogP contribution in [0, 0.1) is 29.6 Å². The molecule has 2 saturated carbocycles. The molecule has 3 rings (SSSR count). The van der Waals surface area contributed by atoms with Gasteiger partial charge in [-0.3, -0.25) is 0 Å². The maximum Gasteiger partial charge on any atom is 0.0609 e. The third-order valence-corrected chi connectivity index (χ3v) is 6.44. The summed E-state index contributed by atoms with van der Waals surface area (Å²) >= 11 is 0. The van der Waals surface area contributed by atoms with Gasteiger partial charge >= 0.3 is 0 Å². The Hall–Kier alpha value is -0.600. The molecule has 0 aromatic rings. The van der Waals surface area contributed by atoms with Gasteiger partial charge in [-0.25, -0.2) is 0 Å². The molecular weight excluding hydrogens is 272 g/mol. The predicted molar refractivity (Wildman–Crippen MR) is 90.5 cm³/mol. The van der Waals surface area contributed by atoms with Gasteiger partial charge in [-0.05, 0) is 70.1 Å². The Bertz CT molecular complexity index is 460. The molecule has 1 saturated heterocycles. The van der Waals surface area contributed by atoms with Gasteiger partial charge < -0.3 is 9.84 Å². The zero-order valence-corrected chi connectivity index (χ0v) is 14.6. The smallest absolute Gasteiger partial charge is 0.0609 e. The second-order valence-corrected chi connectivity index (χ2v) is 8.12. The van der Waals surface area contributed by atoms with Crippen LogP contribution in [0.5, 0.6) is 0 Å². The molecule has 7 atom stereocenters. The summed E-state index contributed by atoms with van der Waals surface area (Å²) in [4.78, 5) is 0. The Kier molecular flexibility index (Phi) is 4.80. The molecule has 2 nitrogen and oxygen atoms in total. The third kappa shape index (κ3) is 2.92. The summed E-state index contributed by atoms with van der Waals surface area (Å²) in [5.74, 6) is 2.96. The number of allylic oxidation sites excluding steroid dienone is 4. The van der Waals surface area contributed by atoms with E-state index >= 15 is 0 Å². The molecule has 1 heterocycles. The average molecular weight is 304 g/mol. The fourth-order valence-electron chi connectivity index (χ4n) is 5.28. The van der Waals surface area contributed by atoms with Crippen LogP contribution in [0.1, 0.15) is 53.4 Å². The number of hydrogen-bond acceptors (Lipinski definition) is 2. The van der Waals surface area contributed by atoms with Crippen molar-refractivity contribution in [3.63, 3.8) is 0 Å². The Morgan fingerprint density at radius 1 is 1.14 bits per heavy atom. The molecule has 0 unspecified atom stereocenters. The Labute approximate surface area is 135 Å². The molecule has 0 aromatic carbocycles. The minimum absolute atomic E-state index is 0.171. The first-order valence-corrected chi connectivity index (χ1v) is 9.08. The number of rotatable bonds is 3. The van der Waals surface area contributed by atoms with E-state index in [1.54, 1.807) is 0 Å². The van der Waals surface area contributed by atoms with Crippen molar-refractivity contribution < 1.29 is 9.84 Å². The molecule has 3 aliphatic rings. The summed E-state index contributed by atoms with van der Waals surface area (Å²) in [6, 6.07) is 0. The molecule has 22 heavy (non-hydrogen) atoms. The molecule has 1 N–H and O–H groups in total. The highest BCUT2D eigenvalue weighted by Crippen LogP contribution is 2.55. The van der Waals surface area contributed by atoms with Gasteiger partial charge in [0.2, 0.25) is 0 Å². The Balaban J connectivity index is 1.80. The monoisotopic (exact) mass is 304 g/mol. The molecule has 0 amide bonds. The van der Waals surface area contributed by atoms with Crippen molar-refractivity contribution in [3.05, 3.63) is 23.3 Å². The lowest BCUT2D eigenvalue weighted by atomic mass is 9.70. The number of aliphatic hydroxyl groups is 1. The lowest BCUT2D eigenvalue weighted by molar-refractivity contribution is -0.101. The molecule has 3 fully saturated rings. The van der Waals surface area contributed by atoms with Crippen molar-refractivity contribution in [1.82, 2.24) is 0 Å². The highest BCUT2D eigenvalue weighted by Gasteiger charge is 2.54. The first kappa shape index (κ1) is 16.3. The topological polar surface area (TPSA) is 29.5 Å². The van der Waals surface area contributed by atoms with Crippen molar-refractivity contribution in [1.29, 1.82) is 0 Å². The molecule has 1 aliphatic heterocycles. The molecule has 0 radical (unpaired) electrons. The SMILES string of the molecule is CC(C)=CC/C=C(/C)[C@@H]1C[C@@H](O)[C@H]2CO[C@H]3CC[C@@H](C)[C@H]3[C@@H]21. The predicted octanol–water partition coefficient (Wildman–Crippen LogP) is 4.35. The van der Waals surface area contributed by atoms with Crippen LogP contribution in [-0.2, 0) is 4.74 Å². The van der Waals surface area contributed by atoms with Crippen LogP contribution in [0.3, 0.4) is 0 Å². The van der Waals surface area contributed by atoms with Crippen LogP contribution in [0.2, 0.25) is 0 Å². The van der Waals surface area contributed by atoms with Gasteiger partial charge in [0.1, 0.15) is 0 Å². The third-order valence-electron chi connectivity index (χ3n) is 6.44. The number of ether oxygens (including phenoxy) is 1. The average Bonchev–Trinajstić information content (AvgIpc) is 3.00. The molecule has 0 bridgehead atoms. The first-order valence-electron chi connectivity index (χ1n) is 9.08. The van der Waals surface area contributed by atoms with Crippen molar-refractivity contribution in [3.8, 4) is 0 Å². The Morgan fingerprint density at radius 3 is 2.64 bits per heavy atom. The largest absolute Gasteiger partial charge is 0.393 e. The lowest BCUT2D eigenvalue weighted by Crippen LogP contribution is -2.43. The summed E-state index contributed by atoms with van der Waals surface area (Å²) < 4.78 is 6.11. The highest BCUT2D eigenvalue weighted by molar-refractivity contribution is 5.16. The van der Waals surface area contributed by atoms with Gasteiger partial charge in [-0.2, -0.15) is 0 Å². The first-order chi connectivity index (χ1) is 10.5. The second kappa shape index (κ2) is 6.49. The van der Waals surface area contributed by atoms with Crippen LogP contribution in [0.25, 0.3) is 0 Å². The quantitative estimate of drug-likeness (QED) is 0.786. The normalized spacial score (nSPS) is 44.6. The molecule has 0 spiro atoms. The van der Waals surface area contributed by atoms with Gasteiger partial charge in [-0.15, -0.1) is 0 Å². The van der Waals surface area contributed by atoms with Crippen LogP contribution < -0.4 is 0 Å². The second-order valence-electron chi connectivity index (χ2n) is 8.12. The number of fused-ring (bicyclic) bond motifs is 3. The number of hydrogen-bond donors (Lipinski definition) is 1. The van der Waals surface area contributed by atoms with Gasteiger partial charge in [0.05, 0.1) is 18.8 Å². The minimum Gasteiger partial charge on any atom is -0.393 e. The number of aliphatic hydroxyl groups excluding tert-OH is 1. The van der Waals surface area contributed by atoms with Gasteiger partial charge in [0, 0.05) is 5.92 Å². The van der Waals surface area contributed by atoms with Crippen LogP contribution in [0.4, 0.5) is 0 Å². The van der Waals surface area contributed by atoms with Crippen molar-refractivity contribution in [2.24, 2.45) is 29.6 Å². The van der Waals surface area contributed by atoms with E-state index in [1.807, 2.05) is 0 Å². The van der Waals surface area contributed by atoms with Crippen LogP contribution >= 0.6 is 0 Å². The zero-order chi connectivity index (χ0) is 15.9. The van der Waals surface area contributed by atoms with Gasteiger partial charge in [-0.1, -0.05) is 30.2 Å². The van der Waals surface area contributed by atoms with Gasteiger partial charge in [0.25, 0.3) is 0 Å². The van der Waals surface area contributed by atoms with E-state index in [4.69, 9.17) is 4.74 Å². The summed E-state index contributed by atoms with van der Waals surface area (Å²) in [6.45, 7) is 9.75. The van der Waals surface area contributed by atoms with Crippen molar-refractivity contribution >= 4 is 0 Å². The Morgan fingerprint density at radius 2 is 1.91 bits per heavy atom. The van der Waals surface area contributed by atoms with E-state index in [0.717, 1.165) is 25.4 Å². The molecule has 2 aliphatic carbocycles. The summed E-state index contributed by atoms with van der Waals surface area (Å²) in [5, 5.41) is 10.5. The van der Waals surface area contributed by atoms with E-state index in [9.17, 15) is 5.11 Å². The van der Waals surface area contributed by atoms with E-state index in [2.05, 4.69) is 39.8 Å². The van der Waals surface area contributed by atoms with Gasteiger partial charge in [0.15, 0.2) is 0 Å². The van der Waals surface area contributed by atoms with Crippen LogP contribution in [-0.4, -0.2) is 23.9 Å². The molecule has 124 valence electrons. The molecule has 0 aromatic heterocycles. The van der Waals surface area contributed by atoms with E-state index < -0.39 is 0 Å². The minimum atomic E-state index is -0.171. The summed E-state index contributed by atoms with van der Waals surface area (Å²) in [5.41, 5.74) is 2.87. The maximum absolute atomic E-state index is 10.5. The molecule has 2 heteroatoms. The molecular formula is C20H32O2. The van der Waals surface area contributed by atoms with Crippen molar-refractivity contribution in [2.45, 2.75) is 65.6 Å². The summed E-state index contributed by atoms with van der Waals surface area (Å²) in [7, 11) is 0. The van der Waals surface area contributed by atoms with E-state index in [1.165, 1.54) is 24.0 Å². The fourth-order valence-corrected chi connectivity index (χ4v) is 5.28. The van der Waals surface area contributed by atoms with Crippen molar-refractivity contribution in [2.75, 3.05) is 6.61 Å². The maximum atomic E-state index is 10.5. The van der Waals surface area contributed by atoms with E-state index in [0.29, 0.717) is 29.8 Å². The zero-order valence-electron chi connectivity index (χ0n) is 14.6. The standard InChI is InChI=1S/C20H32O2/c1-12(2)6-5-7-13(3)15-10-17(21)16-11-22-18-9-8-14(4)19(18)20(15)16/h6-7,14-21H,5,8-11H2,1-4H3/b13-7-/t14-,15+,16-,17-,18+,19-,20-/m1/s1. The summed E-state index contributed by atoms with van der Waals surface area (Å²) in [6.07, 6.45) is 9.43. The van der Waals surface area contributed by atoms with E-state index in [-0.39, 0.29) is 6.10 Å². The highest BCUT2D eigenvalue weighted by atomic mass is 16.5.